The van der Waals surface area contributed by atoms with E-state index in [2.05, 4.69) is 20.3 Å². The van der Waals surface area contributed by atoms with Gasteiger partial charge < -0.3 is 9.64 Å². The Balaban J connectivity index is 1.65. The van der Waals surface area contributed by atoms with Crippen LogP contribution in [-0.2, 0) is 4.74 Å². The summed E-state index contributed by atoms with van der Waals surface area (Å²) in [6.45, 7) is 6.71. The zero-order chi connectivity index (χ0) is 23.6. The fourth-order valence-electron chi connectivity index (χ4n) is 3.78. The quantitative estimate of drug-likeness (QED) is 0.398. The first-order chi connectivity index (χ1) is 15.7. The number of amides is 1. The summed E-state index contributed by atoms with van der Waals surface area (Å²) < 4.78 is 20.9. The maximum Gasteiger partial charge on any atom is 0.410 e. The summed E-state index contributed by atoms with van der Waals surface area (Å²) in [5, 5.41) is 9.56. The van der Waals surface area contributed by atoms with Gasteiger partial charge in [0.2, 0.25) is 0 Å². The van der Waals surface area contributed by atoms with Crippen molar-refractivity contribution in [3.05, 3.63) is 42.3 Å². The fraction of sp³-hybridized carbons (Fsp3) is 0.435. The third kappa shape index (κ3) is 5.32. The van der Waals surface area contributed by atoms with Crippen molar-refractivity contribution in [3.63, 3.8) is 0 Å². The standard InChI is InChI=1S/C23H27FN6O2S/c1-23(2,3)32-22(31)29-13-10-17(11-14-29)30-20(18-9-12-25-21(26-18)33-4)19(27-28-30)15-5-7-16(24)8-6-15/h5-9,12,17H,10-11,13-14H2,1-4H3. The Morgan fingerprint density at radius 3 is 2.48 bits per heavy atom. The van der Waals surface area contributed by atoms with Crippen molar-refractivity contribution < 1.29 is 13.9 Å². The summed E-state index contributed by atoms with van der Waals surface area (Å²) in [7, 11) is 0. The average molecular weight is 471 g/mol. The van der Waals surface area contributed by atoms with Crippen LogP contribution in [0.5, 0.6) is 0 Å². The number of hydrogen-bond donors (Lipinski definition) is 0. The predicted octanol–water partition coefficient (Wildman–Crippen LogP) is 4.84. The molecular formula is C23H27FN6O2S. The molecule has 1 amide bonds. The van der Waals surface area contributed by atoms with Gasteiger partial charge in [0.15, 0.2) is 5.16 Å². The van der Waals surface area contributed by atoms with Gasteiger partial charge in [-0.2, -0.15) is 0 Å². The second-order valence-electron chi connectivity index (χ2n) is 8.87. The van der Waals surface area contributed by atoms with Crippen molar-refractivity contribution in [2.24, 2.45) is 0 Å². The van der Waals surface area contributed by atoms with Gasteiger partial charge in [0.05, 0.1) is 11.7 Å². The highest BCUT2D eigenvalue weighted by molar-refractivity contribution is 7.98. The first-order valence-corrected chi connectivity index (χ1v) is 12.0. The van der Waals surface area contributed by atoms with Gasteiger partial charge in [-0.25, -0.2) is 23.8 Å². The van der Waals surface area contributed by atoms with E-state index in [-0.39, 0.29) is 18.0 Å². The summed E-state index contributed by atoms with van der Waals surface area (Å²) >= 11 is 1.45. The summed E-state index contributed by atoms with van der Waals surface area (Å²) in [4.78, 5) is 23.1. The third-order valence-electron chi connectivity index (χ3n) is 5.33. The van der Waals surface area contributed by atoms with Crippen molar-refractivity contribution in [2.45, 2.75) is 50.4 Å². The van der Waals surface area contributed by atoms with Crippen LogP contribution in [-0.4, -0.2) is 60.9 Å². The van der Waals surface area contributed by atoms with Crippen LogP contribution in [0.1, 0.15) is 39.7 Å². The smallest absolute Gasteiger partial charge is 0.410 e. The fourth-order valence-corrected chi connectivity index (χ4v) is 4.14. The molecule has 0 radical (unpaired) electrons. The first-order valence-electron chi connectivity index (χ1n) is 10.8. The number of benzene rings is 1. The van der Waals surface area contributed by atoms with Gasteiger partial charge >= 0.3 is 6.09 Å². The molecule has 1 aliphatic heterocycles. The van der Waals surface area contributed by atoms with E-state index < -0.39 is 5.60 Å². The molecule has 174 valence electrons. The number of piperidine rings is 1. The van der Waals surface area contributed by atoms with Gasteiger partial charge in [0.1, 0.15) is 22.8 Å². The Labute approximate surface area is 196 Å². The van der Waals surface area contributed by atoms with Gasteiger partial charge in [0, 0.05) is 24.8 Å². The number of halogens is 1. The normalized spacial score (nSPS) is 15.0. The van der Waals surface area contributed by atoms with Crippen LogP contribution < -0.4 is 0 Å². The zero-order valence-electron chi connectivity index (χ0n) is 19.2. The van der Waals surface area contributed by atoms with Crippen LogP contribution in [0.15, 0.2) is 41.7 Å². The zero-order valence-corrected chi connectivity index (χ0v) is 20.0. The second-order valence-corrected chi connectivity index (χ2v) is 9.64. The molecule has 1 aliphatic rings. The van der Waals surface area contributed by atoms with Crippen molar-refractivity contribution in [2.75, 3.05) is 19.3 Å². The van der Waals surface area contributed by atoms with Crippen LogP contribution in [0.25, 0.3) is 22.6 Å². The molecule has 2 aromatic heterocycles. The van der Waals surface area contributed by atoms with E-state index in [0.717, 1.165) is 11.3 Å². The van der Waals surface area contributed by atoms with E-state index in [0.29, 0.717) is 42.5 Å². The molecule has 8 nitrogen and oxygen atoms in total. The number of nitrogens with zero attached hydrogens (tertiary/aromatic N) is 6. The molecule has 0 saturated carbocycles. The Morgan fingerprint density at radius 1 is 1.15 bits per heavy atom. The Morgan fingerprint density at radius 2 is 1.85 bits per heavy atom. The molecule has 10 heteroatoms. The highest BCUT2D eigenvalue weighted by Crippen LogP contribution is 2.34. The Kier molecular flexibility index (Phi) is 6.64. The highest BCUT2D eigenvalue weighted by atomic mass is 32.2. The van der Waals surface area contributed by atoms with E-state index in [1.54, 1.807) is 23.2 Å². The second kappa shape index (κ2) is 9.46. The molecule has 33 heavy (non-hydrogen) atoms. The van der Waals surface area contributed by atoms with Crippen molar-refractivity contribution in [3.8, 4) is 22.6 Å². The maximum atomic E-state index is 13.5. The highest BCUT2D eigenvalue weighted by Gasteiger charge is 2.30. The number of rotatable bonds is 4. The number of carbonyl (C=O) groups excluding carboxylic acids is 1. The third-order valence-corrected chi connectivity index (χ3v) is 5.89. The van der Waals surface area contributed by atoms with Crippen LogP contribution in [0.3, 0.4) is 0 Å². The van der Waals surface area contributed by atoms with E-state index in [9.17, 15) is 9.18 Å². The molecule has 0 spiro atoms. The predicted molar refractivity (Wildman–Crippen MR) is 124 cm³/mol. The van der Waals surface area contributed by atoms with E-state index >= 15 is 0 Å². The van der Waals surface area contributed by atoms with Crippen molar-refractivity contribution >= 4 is 17.9 Å². The number of thioether (sulfide) groups is 1. The van der Waals surface area contributed by atoms with Gasteiger partial charge in [-0.05, 0) is 70.2 Å². The molecule has 1 fully saturated rings. The first kappa shape index (κ1) is 23.2. The molecular weight excluding hydrogens is 443 g/mol. The Bertz CT molecular complexity index is 1120. The van der Waals surface area contributed by atoms with Crippen LogP contribution in [0.4, 0.5) is 9.18 Å². The molecule has 4 rings (SSSR count). The number of ether oxygens (including phenoxy) is 1. The SMILES string of the molecule is CSc1nccc(-c2c(-c3ccc(F)cc3)nnn2C2CCN(C(=O)OC(C)(C)C)CC2)n1. The molecule has 0 unspecified atom stereocenters. The summed E-state index contributed by atoms with van der Waals surface area (Å²) in [5.41, 5.74) is 2.32. The summed E-state index contributed by atoms with van der Waals surface area (Å²) in [6.07, 6.45) is 4.75. The van der Waals surface area contributed by atoms with Gasteiger partial charge in [-0.3, -0.25) is 0 Å². The van der Waals surface area contributed by atoms with E-state index in [1.807, 2.05) is 37.8 Å². The van der Waals surface area contributed by atoms with Crippen molar-refractivity contribution in [1.82, 2.24) is 29.9 Å². The molecule has 3 aromatic rings. The lowest BCUT2D eigenvalue weighted by molar-refractivity contribution is 0.0185. The Hall–Kier alpha value is -3.01. The summed E-state index contributed by atoms with van der Waals surface area (Å²) in [6, 6.07) is 8.06. The lowest BCUT2D eigenvalue weighted by atomic mass is 10.0. The molecule has 0 atom stereocenters. The minimum Gasteiger partial charge on any atom is -0.444 e. The van der Waals surface area contributed by atoms with Crippen LogP contribution in [0, 0.1) is 5.82 Å². The largest absolute Gasteiger partial charge is 0.444 e. The molecule has 0 aliphatic carbocycles. The van der Waals surface area contributed by atoms with Gasteiger partial charge in [-0.1, -0.05) is 17.0 Å². The van der Waals surface area contributed by atoms with Gasteiger partial charge in [-0.15, -0.1) is 5.10 Å². The minimum atomic E-state index is -0.529. The molecule has 0 bridgehead atoms. The van der Waals surface area contributed by atoms with Crippen LogP contribution >= 0.6 is 11.8 Å². The maximum absolute atomic E-state index is 13.5. The molecule has 1 aromatic carbocycles. The monoisotopic (exact) mass is 470 g/mol. The lowest BCUT2D eigenvalue weighted by Crippen LogP contribution is -2.42. The average Bonchev–Trinajstić information content (AvgIpc) is 3.24. The molecule has 1 saturated heterocycles. The van der Waals surface area contributed by atoms with E-state index in [4.69, 9.17) is 4.74 Å². The van der Waals surface area contributed by atoms with Crippen LogP contribution in [0.2, 0.25) is 0 Å². The minimum absolute atomic E-state index is 0.0353. The number of hydrogen-bond acceptors (Lipinski definition) is 7. The lowest BCUT2D eigenvalue weighted by Gasteiger charge is -2.33. The van der Waals surface area contributed by atoms with Crippen molar-refractivity contribution in [1.29, 1.82) is 0 Å². The van der Waals surface area contributed by atoms with Gasteiger partial charge in [0.25, 0.3) is 0 Å². The number of aromatic nitrogens is 5. The molecule has 3 heterocycles. The van der Waals surface area contributed by atoms with E-state index in [1.165, 1.54) is 23.9 Å². The topological polar surface area (TPSA) is 86.0 Å². The number of carbonyl (C=O) groups is 1. The summed E-state index contributed by atoms with van der Waals surface area (Å²) in [5.74, 6) is -0.311. The molecule has 0 N–H and O–H groups in total. The number of likely N-dealkylation sites (tertiary alicyclic amines) is 1.